The molecule has 1 aliphatic rings. The number of carbonyl (C=O) groups is 1. The maximum Gasteiger partial charge on any atom is 0.253 e. The Morgan fingerprint density at radius 2 is 2.09 bits per heavy atom. The van der Waals surface area contributed by atoms with E-state index in [1.807, 2.05) is 32.0 Å². The van der Waals surface area contributed by atoms with Crippen molar-refractivity contribution in [3.63, 3.8) is 0 Å². The van der Waals surface area contributed by atoms with Crippen molar-refractivity contribution in [1.82, 2.24) is 14.9 Å². The lowest BCUT2D eigenvalue weighted by molar-refractivity contribution is -0.0108. The third kappa shape index (κ3) is 2.41. The van der Waals surface area contributed by atoms with Gasteiger partial charge in [0.15, 0.2) is 0 Å². The summed E-state index contributed by atoms with van der Waals surface area (Å²) in [7, 11) is 0. The molecule has 1 aliphatic heterocycles. The highest BCUT2D eigenvalue weighted by Crippen LogP contribution is 2.39. The predicted octanol–water partition coefficient (Wildman–Crippen LogP) is 2.31. The van der Waals surface area contributed by atoms with Crippen LogP contribution in [0.2, 0.25) is 0 Å². The van der Waals surface area contributed by atoms with Gasteiger partial charge >= 0.3 is 0 Å². The molecule has 1 amide bonds. The van der Waals surface area contributed by atoms with Gasteiger partial charge in [-0.05, 0) is 19.1 Å². The minimum atomic E-state index is -0.874. The molecule has 1 aromatic heterocycles. The maximum atomic E-state index is 12.7. The van der Waals surface area contributed by atoms with Gasteiger partial charge in [0.2, 0.25) is 0 Å². The first kappa shape index (κ1) is 14.8. The van der Waals surface area contributed by atoms with Crippen LogP contribution >= 0.6 is 0 Å². The van der Waals surface area contributed by atoms with E-state index in [0.717, 1.165) is 11.4 Å². The van der Waals surface area contributed by atoms with Crippen molar-refractivity contribution < 1.29 is 9.90 Å². The summed E-state index contributed by atoms with van der Waals surface area (Å²) in [6.45, 7) is 6.66. The molecule has 1 atom stereocenters. The van der Waals surface area contributed by atoms with Gasteiger partial charge in [-0.2, -0.15) is 0 Å². The molecule has 0 radical (unpaired) electrons. The summed E-state index contributed by atoms with van der Waals surface area (Å²) in [6, 6.07) is 7.40. The first-order valence-corrected chi connectivity index (χ1v) is 7.42. The average molecular weight is 299 g/mol. The molecule has 5 heteroatoms. The van der Waals surface area contributed by atoms with E-state index in [9.17, 15) is 9.90 Å². The Labute approximate surface area is 130 Å². The smallest absolute Gasteiger partial charge is 0.253 e. The van der Waals surface area contributed by atoms with E-state index in [-0.39, 0.29) is 11.3 Å². The van der Waals surface area contributed by atoms with Crippen molar-refractivity contribution in [3.8, 4) is 11.4 Å². The van der Waals surface area contributed by atoms with Crippen molar-refractivity contribution in [2.45, 2.75) is 26.4 Å². The SMILES string of the molecule is CC1(C)CN(C(=O)c2cccc(-c3ncc[nH]3)c2)CC1(C)O. The quantitative estimate of drug-likeness (QED) is 0.894. The minimum Gasteiger partial charge on any atom is -0.388 e. The van der Waals surface area contributed by atoms with Crippen molar-refractivity contribution in [1.29, 1.82) is 0 Å². The Hall–Kier alpha value is -2.14. The second-order valence-corrected chi connectivity index (χ2v) is 6.84. The van der Waals surface area contributed by atoms with Crippen LogP contribution in [0.3, 0.4) is 0 Å². The summed E-state index contributed by atoms with van der Waals surface area (Å²) in [5, 5.41) is 10.5. The number of rotatable bonds is 2. The van der Waals surface area contributed by atoms with E-state index in [1.54, 1.807) is 30.3 Å². The fourth-order valence-corrected chi connectivity index (χ4v) is 2.84. The van der Waals surface area contributed by atoms with Crippen molar-refractivity contribution in [3.05, 3.63) is 42.2 Å². The normalized spacial score (nSPS) is 23.7. The number of aromatic amines is 1. The van der Waals surface area contributed by atoms with Crippen LogP contribution in [-0.2, 0) is 0 Å². The molecule has 0 aliphatic carbocycles. The molecule has 1 saturated heterocycles. The molecule has 116 valence electrons. The minimum absolute atomic E-state index is 0.0562. The predicted molar refractivity (Wildman–Crippen MR) is 84.3 cm³/mol. The number of benzene rings is 1. The van der Waals surface area contributed by atoms with E-state index in [2.05, 4.69) is 9.97 Å². The average Bonchev–Trinajstić information content (AvgIpc) is 3.05. The summed E-state index contributed by atoms with van der Waals surface area (Å²) in [5.74, 6) is 0.683. The Balaban J connectivity index is 1.86. The lowest BCUT2D eigenvalue weighted by atomic mass is 9.79. The molecule has 0 spiro atoms. The van der Waals surface area contributed by atoms with Gasteiger partial charge in [0, 0.05) is 35.5 Å². The van der Waals surface area contributed by atoms with E-state index in [1.165, 1.54) is 0 Å². The van der Waals surface area contributed by atoms with Crippen LogP contribution in [0, 0.1) is 5.41 Å². The number of imidazole rings is 1. The van der Waals surface area contributed by atoms with Crippen molar-refractivity contribution in [2.24, 2.45) is 5.41 Å². The van der Waals surface area contributed by atoms with E-state index in [0.29, 0.717) is 18.7 Å². The second-order valence-electron chi connectivity index (χ2n) is 6.84. The number of amides is 1. The number of β-amino-alcohol motifs (C(OH)–C–C–N with tert-alkyl or cyclic N) is 1. The summed E-state index contributed by atoms with van der Waals surface area (Å²) in [5.41, 5.74) is 0.297. The molecule has 0 bridgehead atoms. The Morgan fingerprint density at radius 3 is 2.68 bits per heavy atom. The molecule has 1 fully saturated rings. The second kappa shape index (κ2) is 4.95. The van der Waals surface area contributed by atoms with Gasteiger partial charge in [-0.1, -0.05) is 26.0 Å². The number of hydrogen-bond acceptors (Lipinski definition) is 3. The van der Waals surface area contributed by atoms with Gasteiger partial charge < -0.3 is 15.0 Å². The molecular weight excluding hydrogens is 278 g/mol. The molecule has 2 heterocycles. The van der Waals surface area contributed by atoms with Gasteiger partial charge in [-0.15, -0.1) is 0 Å². The van der Waals surface area contributed by atoms with Crippen LogP contribution in [0.5, 0.6) is 0 Å². The molecule has 2 N–H and O–H groups in total. The summed E-state index contributed by atoms with van der Waals surface area (Å²) in [6.07, 6.45) is 3.44. The molecule has 1 aromatic carbocycles. The summed E-state index contributed by atoms with van der Waals surface area (Å²) >= 11 is 0. The number of likely N-dealkylation sites (tertiary alicyclic amines) is 1. The standard InChI is InChI=1S/C17H21N3O2/c1-16(2)10-20(11-17(16,3)22)15(21)13-6-4-5-12(9-13)14-18-7-8-19-14/h4-9,22H,10-11H2,1-3H3,(H,18,19). The lowest BCUT2D eigenvalue weighted by Gasteiger charge is -2.30. The zero-order valence-electron chi connectivity index (χ0n) is 13.1. The third-order valence-electron chi connectivity index (χ3n) is 4.71. The molecule has 0 saturated carbocycles. The van der Waals surface area contributed by atoms with Crippen molar-refractivity contribution in [2.75, 3.05) is 13.1 Å². The topological polar surface area (TPSA) is 69.2 Å². The molecule has 22 heavy (non-hydrogen) atoms. The van der Waals surface area contributed by atoms with Crippen LogP contribution in [0.4, 0.5) is 0 Å². The van der Waals surface area contributed by atoms with Crippen LogP contribution in [-0.4, -0.2) is 44.6 Å². The third-order valence-corrected chi connectivity index (χ3v) is 4.71. The lowest BCUT2D eigenvalue weighted by Crippen LogP contribution is -2.40. The van der Waals surface area contributed by atoms with Gasteiger partial charge in [-0.25, -0.2) is 4.98 Å². The monoisotopic (exact) mass is 299 g/mol. The first-order chi connectivity index (χ1) is 10.3. The van der Waals surface area contributed by atoms with Crippen LogP contribution in [0.25, 0.3) is 11.4 Å². The maximum absolute atomic E-state index is 12.7. The number of nitrogens with one attached hydrogen (secondary N) is 1. The number of hydrogen-bond donors (Lipinski definition) is 2. The Morgan fingerprint density at radius 1 is 1.32 bits per heavy atom. The van der Waals surface area contributed by atoms with E-state index in [4.69, 9.17) is 0 Å². The highest BCUT2D eigenvalue weighted by Gasteiger charge is 2.49. The number of aromatic nitrogens is 2. The molecular formula is C17H21N3O2. The largest absolute Gasteiger partial charge is 0.388 e. The summed E-state index contributed by atoms with van der Waals surface area (Å²) < 4.78 is 0. The highest BCUT2D eigenvalue weighted by molar-refractivity contribution is 5.95. The fraction of sp³-hybridized carbons (Fsp3) is 0.412. The number of aliphatic hydroxyl groups is 1. The zero-order chi connectivity index (χ0) is 16.0. The molecule has 5 nitrogen and oxygen atoms in total. The van der Waals surface area contributed by atoms with E-state index < -0.39 is 5.60 Å². The Kier molecular flexibility index (Phi) is 3.33. The highest BCUT2D eigenvalue weighted by atomic mass is 16.3. The molecule has 1 unspecified atom stereocenters. The molecule has 2 aromatic rings. The van der Waals surface area contributed by atoms with Crippen molar-refractivity contribution >= 4 is 5.91 Å². The zero-order valence-corrected chi connectivity index (χ0v) is 13.1. The van der Waals surface area contributed by atoms with Crippen LogP contribution < -0.4 is 0 Å². The van der Waals surface area contributed by atoms with Gasteiger partial charge in [0.25, 0.3) is 5.91 Å². The van der Waals surface area contributed by atoms with Gasteiger partial charge in [0.05, 0.1) is 12.1 Å². The number of carbonyl (C=O) groups excluding carboxylic acids is 1. The van der Waals surface area contributed by atoms with E-state index >= 15 is 0 Å². The number of H-pyrrole nitrogens is 1. The first-order valence-electron chi connectivity index (χ1n) is 7.42. The molecule has 3 rings (SSSR count). The number of nitrogens with zero attached hydrogens (tertiary/aromatic N) is 2. The van der Waals surface area contributed by atoms with Crippen LogP contribution in [0.15, 0.2) is 36.7 Å². The van der Waals surface area contributed by atoms with Gasteiger partial charge in [-0.3, -0.25) is 4.79 Å². The van der Waals surface area contributed by atoms with Crippen LogP contribution in [0.1, 0.15) is 31.1 Å². The summed E-state index contributed by atoms with van der Waals surface area (Å²) in [4.78, 5) is 21.7. The Bertz CT molecular complexity index is 674. The fourth-order valence-electron chi connectivity index (χ4n) is 2.84. The van der Waals surface area contributed by atoms with Gasteiger partial charge in [0.1, 0.15) is 5.82 Å².